The standard InChI is InChI=1S/C15H15BrN2O/c1-10-3-4-13(16)7-14(10)15(19)18-9-12-5-6-17-8-11(12)2/h3-8H,9H2,1-2H3,(H,18,19). The van der Waals surface area contributed by atoms with E-state index in [1.54, 1.807) is 12.4 Å². The number of halogens is 1. The van der Waals surface area contributed by atoms with Crippen LogP contribution in [0.15, 0.2) is 41.1 Å². The zero-order chi connectivity index (χ0) is 13.8. The molecule has 0 aliphatic carbocycles. The van der Waals surface area contributed by atoms with Crippen LogP contribution in [0.2, 0.25) is 0 Å². The van der Waals surface area contributed by atoms with E-state index in [0.29, 0.717) is 12.1 Å². The fourth-order valence-electron chi connectivity index (χ4n) is 1.81. The lowest BCUT2D eigenvalue weighted by Gasteiger charge is -2.09. The first-order valence-electron chi connectivity index (χ1n) is 6.02. The number of aromatic nitrogens is 1. The van der Waals surface area contributed by atoms with Gasteiger partial charge < -0.3 is 5.32 Å². The Morgan fingerprint density at radius 3 is 2.79 bits per heavy atom. The minimum atomic E-state index is -0.0602. The smallest absolute Gasteiger partial charge is 0.251 e. The van der Waals surface area contributed by atoms with E-state index in [2.05, 4.69) is 26.2 Å². The van der Waals surface area contributed by atoms with E-state index >= 15 is 0 Å². The molecule has 0 saturated carbocycles. The molecule has 1 amide bonds. The Bertz CT molecular complexity index is 611. The normalized spacial score (nSPS) is 10.3. The molecule has 0 saturated heterocycles. The van der Waals surface area contributed by atoms with Gasteiger partial charge in [-0.3, -0.25) is 9.78 Å². The first kappa shape index (κ1) is 13.7. The van der Waals surface area contributed by atoms with Gasteiger partial charge in [-0.25, -0.2) is 0 Å². The van der Waals surface area contributed by atoms with Crippen LogP contribution in [0.3, 0.4) is 0 Å². The molecule has 1 N–H and O–H groups in total. The molecule has 1 aromatic carbocycles. The molecule has 0 atom stereocenters. The maximum atomic E-state index is 12.2. The summed E-state index contributed by atoms with van der Waals surface area (Å²) in [7, 11) is 0. The zero-order valence-electron chi connectivity index (χ0n) is 10.9. The molecule has 4 heteroatoms. The predicted octanol–water partition coefficient (Wildman–Crippen LogP) is 3.39. The SMILES string of the molecule is Cc1cnccc1CNC(=O)c1cc(Br)ccc1C. The highest BCUT2D eigenvalue weighted by Crippen LogP contribution is 2.16. The van der Waals surface area contributed by atoms with Crippen molar-refractivity contribution in [3.63, 3.8) is 0 Å². The quantitative estimate of drug-likeness (QED) is 0.942. The van der Waals surface area contributed by atoms with Crippen LogP contribution in [0.5, 0.6) is 0 Å². The predicted molar refractivity (Wildman–Crippen MR) is 79.0 cm³/mol. The molecule has 2 rings (SSSR count). The number of amides is 1. The van der Waals surface area contributed by atoms with E-state index in [-0.39, 0.29) is 5.91 Å². The van der Waals surface area contributed by atoms with Gasteiger partial charge in [-0.05, 0) is 48.7 Å². The van der Waals surface area contributed by atoms with Crippen molar-refractivity contribution in [2.75, 3.05) is 0 Å². The van der Waals surface area contributed by atoms with Crippen molar-refractivity contribution in [1.82, 2.24) is 10.3 Å². The van der Waals surface area contributed by atoms with E-state index in [9.17, 15) is 4.79 Å². The highest BCUT2D eigenvalue weighted by molar-refractivity contribution is 9.10. The van der Waals surface area contributed by atoms with Crippen molar-refractivity contribution < 1.29 is 4.79 Å². The summed E-state index contributed by atoms with van der Waals surface area (Å²) < 4.78 is 0.906. The van der Waals surface area contributed by atoms with Crippen LogP contribution in [0, 0.1) is 13.8 Å². The van der Waals surface area contributed by atoms with Gasteiger partial charge in [0, 0.05) is 29.0 Å². The summed E-state index contributed by atoms with van der Waals surface area (Å²) in [5.74, 6) is -0.0602. The number of nitrogens with zero attached hydrogens (tertiary/aromatic N) is 1. The molecule has 2 aromatic rings. The Balaban J connectivity index is 2.10. The maximum absolute atomic E-state index is 12.2. The van der Waals surface area contributed by atoms with E-state index in [1.165, 1.54) is 0 Å². The van der Waals surface area contributed by atoms with Gasteiger partial charge in [0.25, 0.3) is 5.91 Å². The number of hydrogen-bond donors (Lipinski definition) is 1. The molecule has 3 nitrogen and oxygen atoms in total. The van der Waals surface area contributed by atoms with Gasteiger partial charge in [-0.2, -0.15) is 0 Å². The summed E-state index contributed by atoms with van der Waals surface area (Å²) in [4.78, 5) is 16.2. The Hall–Kier alpha value is -1.68. The molecule has 1 aromatic heterocycles. The van der Waals surface area contributed by atoms with Crippen LogP contribution in [0.25, 0.3) is 0 Å². The molecular weight excluding hydrogens is 304 g/mol. The first-order valence-corrected chi connectivity index (χ1v) is 6.81. The second kappa shape index (κ2) is 5.97. The number of carbonyl (C=O) groups excluding carboxylic acids is 1. The number of nitrogens with one attached hydrogen (secondary N) is 1. The average Bonchev–Trinajstić information content (AvgIpc) is 2.40. The van der Waals surface area contributed by atoms with Gasteiger partial charge >= 0.3 is 0 Å². The summed E-state index contributed by atoms with van der Waals surface area (Å²) in [5.41, 5.74) is 3.82. The van der Waals surface area contributed by atoms with Crippen molar-refractivity contribution in [2.24, 2.45) is 0 Å². The molecule has 0 fully saturated rings. The molecule has 19 heavy (non-hydrogen) atoms. The minimum absolute atomic E-state index is 0.0602. The molecular formula is C15H15BrN2O. The fraction of sp³-hybridized carbons (Fsp3) is 0.200. The second-order valence-electron chi connectivity index (χ2n) is 4.44. The topological polar surface area (TPSA) is 42.0 Å². The molecule has 0 aliphatic rings. The Kier molecular flexibility index (Phi) is 4.32. The fourth-order valence-corrected chi connectivity index (χ4v) is 2.17. The highest BCUT2D eigenvalue weighted by atomic mass is 79.9. The molecule has 0 bridgehead atoms. The van der Waals surface area contributed by atoms with Crippen molar-refractivity contribution in [1.29, 1.82) is 0 Å². The molecule has 0 spiro atoms. The maximum Gasteiger partial charge on any atom is 0.251 e. The molecule has 1 heterocycles. The van der Waals surface area contributed by atoms with Gasteiger partial charge in [0.05, 0.1) is 0 Å². The van der Waals surface area contributed by atoms with Crippen molar-refractivity contribution in [2.45, 2.75) is 20.4 Å². The van der Waals surface area contributed by atoms with Crippen LogP contribution in [0.1, 0.15) is 27.0 Å². The molecule has 98 valence electrons. The summed E-state index contributed by atoms with van der Waals surface area (Å²) in [6.07, 6.45) is 3.53. The monoisotopic (exact) mass is 318 g/mol. The number of benzene rings is 1. The molecule has 0 aliphatic heterocycles. The van der Waals surface area contributed by atoms with Gasteiger partial charge in [0.2, 0.25) is 0 Å². The summed E-state index contributed by atoms with van der Waals surface area (Å²) in [6.45, 7) is 4.43. The Morgan fingerprint density at radius 1 is 1.26 bits per heavy atom. The van der Waals surface area contributed by atoms with Gasteiger partial charge in [-0.15, -0.1) is 0 Å². The summed E-state index contributed by atoms with van der Waals surface area (Å²) >= 11 is 3.38. The number of pyridine rings is 1. The van der Waals surface area contributed by atoms with E-state index < -0.39 is 0 Å². The Labute approximate surface area is 121 Å². The zero-order valence-corrected chi connectivity index (χ0v) is 12.5. The number of aryl methyl sites for hydroxylation is 2. The lowest BCUT2D eigenvalue weighted by Crippen LogP contribution is -2.24. The van der Waals surface area contributed by atoms with Crippen LogP contribution >= 0.6 is 15.9 Å². The number of rotatable bonds is 3. The minimum Gasteiger partial charge on any atom is -0.348 e. The lowest BCUT2D eigenvalue weighted by molar-refractivity contribution is 0.0950. The average molecular weight is 319 g/mol. The highest BCUT2D eigenvalue weighted by Gasteiger charge is 2.09. The largest absolute Gasteiger partial charge is 0.348 e. The van der Waals surface area contributed by atoms with Crippen molar-refractivity contribution in [3.05, 3.63) is 63.4 Å². The lowest BCUT2D eigenvalue weighted by atomic mass is 10.1. The number of hydrogen-bond acceptors (Lipinski definition) is 2. The third-order valence-electron chi connectivity index (χ3n) is 3.02. The van der Waals surface area contributed by atoms with Crippen LogP contribution in [-0.2, 0) is 6.54 Å². The summed E-state index contributed by atoms with van der Waals surface area (Å²) in [5, 5.41) is 2.94. The van der Waals surface area contributed by atoms with E-state index in [4.69, 9.17) is 0 Å². The summed E-state index contributed by atoms with van der Waals surface area (Å²) in [6, 6.07) is 7.61. The third kappa shape index (κ3) is 3.41. The second-order valence-corrected chi connectivity index (χ2v) is 5.36. The van der Waals surface area contributed by atoms with Crippen LogP contribution in [0.4, 0.5) is 0 Å². The van der Waals surface area contributed by atoms with Crippen LogP contribution < -0.4 is 5.32 Å². The van der Waals surface area contributed by atoms with Crippen molar-refractivity contribution >= 4 is 21.8 Å². The third-order valence-corrected chi connectivity index (χ3v) is 3.51. The Morgan fingerprint density at radius 2 is 2.05 bits per heavy atom. The van der Waals surface area contributed by atoms with Crippen LogP contribution in [-0.4, -0.2) is 10.9 Å². The van der Waals surface area contributed by atoms with E-state index in [1.807, 2.05) is 38.1 Å². The van der Waals surface area contributed by atoms with Gasteiger partial charge in [-0.1, -0.05) is 22.0 Å². The molecule has 0 unspecified atom stereocenters. The van der Waals surface area contributed by atoms with Crippen molar-refractivity contribution in [3.8, 4) is 0 Å². The van der Waals surface area contributed by atoms with Gasteiger partial charge in [0.15, 0.2) is 0 Å². The van der Waals surface area contributed by atoms with Gasteiger partial charge in [0.1, 0.15) is 0 Å². The molecule has 0 radical (unpaired) electrons. The number of carbonyl (C=O) groups is 1. The first-order chi connectivity index (χ1) is 9.08. The van der Waals surface area contributed by atoms with E-state index in [0.717, 1.165) is 21.2 Å².